The Morgan fingerprint density at radius 1 is 1.12 bits per heavy atom. The van der Waals surface area contributed by atoms with Crippen molar-refractivity contribution in [2.24, 2.45) is 5.73 Å². The van der Waals surface area contributed by atoms with Gasteiger partial charge < -0.3 is 16.4 Å². The van der Waals surface area contributed by atoms with Crippen molar-refractivity contribution in [2.75, 3.05) is 12.3 Å². The summed E-state index contributed by atoms with van der Waals surface area (Å²) in [6.45, 7) is 2.89. The van der Waals surface area contributed by atoms with Gasteiger partial charge in [-0.05, 0) is 49.9 Å². The molecule has 0 amide bonds. The minimum Gasteiger partial charge on any atom is -0.382 e. The second-order valence-electron chi connectivity index (χ2n) is 6.39. The Bertz CT molecular complexity index is 871. The second kappa shape index (κ2) is 7.62. The first kappa shape index (κ1) is 15.4. The van der Waals surface area contributed by atoms with Gasteiger partial charge in [-0.15, -0.1) is 0 Å². The van der Waals surface area contributed by atoms with E-state index in [2.05, 4.69) is 29.0 Å². The molecule has 5 N–H and O–H groups in total. The van der Waals surface area contributed by atoms with Crippen LogP contribution in [0.25, 0.3) is 21.9 Å². The number of aryl methyl sites for hydroxylation is 2. The Morgan fingerprint density at radius 2 is 2.00 bits per heavy atom. The van der Waals surface area contributed by atoms with E-state index in [9.17, 15) is 0 Å². The van der Waals surface area contributed by atoms with Crippen molar-refractivity contribution < 1.29 is 1.41 Å². The average molecular weight is 326 g/mol. The van der Waals surface area contributed by atoms with Gasteiger partial charge in [-0.3, -0.25) is 0 Å². The van der Waals surface area contributed by atoms with Gasteiger partial charge in [-0.25, -0.2) is 9.97 Å². The molecule has 0 saturated carbocycles. The molecule has 0 unspecified atom stereocenters. The third-order valence-electron chi connectivity index (χ3n) is 4.43. The number of H-pyrrole nitrogens is 1. The summed E-state index contributed by atoms with van der Waals surface area (Å²) in [7, 11) is 0. The SMILES string of the molecule is [2H]n1c(CCCC)nc2c(N)nc3ccc(CCCCCN)cc3c21. The first-order valence-electron chi connectivity index (χ1n) is 9.39. The van der Waals surface area contributed by atoms with Crippen molar-refractivity contribution in [1.82, 2.24) is 14.9 Å². The number of hydrogen-bond donors (Lipinski definition) is 3. The fourth-order valence-electron chi connectivity index (χ4n) is 3.06. The van der Waals surface area contributed by atoms with Crippen LogP contribution in [0, 0.1) is 0 Å². The topological polar surface area (TPSA) is 93.6 Å². The van der Waals surface area contributed by atoms with Gasteiger partial charge in [0.25, 0.3) is 0 Å². The van der Waals surface area contributed by atoms with Crippen LogP contribution in [0.3, 0.4) is 0 Å². The normalized spacial score (nSPS) is 12.2. The summed E-state index contributed by atoms with van der Waals surface area (Å²) in [5.41, 5.74) is 15.2. The highest BCUT2D eigenvalue weighted by atomic mass is 15.0. The van der Waals surface area contributed by atoms with Crippen LogP contribution in [0.5, 0.6) is 0 Å². The number of hydrogen-bond acceptors (Lipinski definition) is 4. The number of unbranched alkanes of at least 4 members (excludes halogenated alkanes) is 3. The van der Waals surface area contributed by atoms with E-state index in [4.69, 9.17) is 12.9 Å². The van der Waals surface area contributed by atoms with Crippen molar-refractivity contribution in [3.8, 4) is 0 Å². The van der Waals surface area contributed by atoms with Gasteiger partial charge in [-0.1, -0.05) is 25.8 Å². The molecule has 2 heterocycles. The zero-order valence-corrected chi connectivity index (χ0v) is 14.4. The molecular formula is C19H27N5. The molecule has 24 heavy (non-hydrogen) atoms. The summed E-state index contributed by atoms with van der Waals surface area (Å²) in [4.78, 5) is 10.5. The molecule has 0 bridgehead atoms. The van der Waals surface area contributed by atoms with E-state index in [1.165, 1.54) is 10.5 Å². The van der Waals surface area contributed by atoms with Crippen molar-refractivity contribution in [3.63, 3.8) is 0 Å². The molecular weight excluding hydrogens is 298 g/mol. The first-order chi connectivity index (χ1) is 12.2. The van der Waals surface area contributed by atoms with Crippen LogP contribution in [-0.4, -0.2) is 21.5 Å². The van der Waals surface area contributed by atoms with E-state index in [0.29, 0.717) is 11.3 Å². The van der Waals surface area contributed by atoms with Crippen molar-refractivity contribution in [1.29, 1.82) is 0 Å². The summed E-state index contributed by atoms with van der Waals surface area (Å²) in [5.74, 6) is 1.16. The minimum absolute atomic E-state index is 0.405. The van der Waals surface area contributed by atoms with Gasteiger partial charge >= 0.3 is 0 Å². The summed E-state index contributed by atoms with van der Waals surface area (Å²) in [5, 5.41) is 0.964. The largest absolute Gasteiger partial charge is 0.382 e. The van der Waals surface area contributed by atoms with E-state index in [1.807, 2.05) is 6.07 Å². The predicted molar refractivity (Wildman–Crippen MR) is 101 cm³/mol. The number of anilines is 1. The molecule has 0 fully saturated rings. The predicted octanol–water partition coefficient (Wildman–Crippen LogP) is 3.71. The van der Waals surface area contributed by atoms with Crippen LogP contribution in [0.2, 0.25) is 1.41 Å². The lowest BCUT2D eigenvalue weighted by Gasteiger charge is -2.05. The number of imidazole rings is 1. The quantitative estimate of drug-likeness (QED) is 0.550. The number of benzene rings is 1. The lowest BCUT2D eigenvalue weighted by Crippen LogP contribution is -1.98. The first-order valence-corrected chi connectivity index (χ1v) is 8.94. The molecule has 0 aliphatic carbocycles. The van der Waals surface area contributed by atoms with Crippen LogP contribution in [0.1, 0.15) is 50.4 Å². The maximum absolute atomic E-state index is 8.50. The third-order valence-corrected chi connectivity index (χ3v) is 4.43. The van der Waals surface area contributed by atoms with Gasteiger partial charge in [0.15, 0.2) is 7.23 Å². The molecule has 128 valence electrons. The molecule has 5 heteroatoms. The Balaban J connectivity index is 2.03. The molecule has 0 aliphatic heterocycles. The van der Waals surface area contributed by atoms with Gasteiger partial charge in [0.2, 0.25) is 0 Å². The average Bonchev–Trinajstić information content (AvgIpc) is 2.95. The Hall–Kier alpha value is -2.14. The molecule has 3 rings (SSSR count). The lowest BCUT2D eigenvalue weighted by atomic mass is 10.0. The standard InChI is InChI=1S/C19H27N5/c1-2-3-8-16-23-17-14-12-13(7-5-4-6-11-20)9-10-15(14)22-19(21)18(17)24-16/h9-10,12H,2-8,11,20H2,1H3,(H2,21,22)(H,23,24)/i/hD. The van der Waals surface area contributed by atoms with Gasteiger partial charge in [0.1, 0.15) is 11.3 Å². The molecule has 0 aliphatic rings. The van der Waals surface area contributed by atoms with E-state index in [1.54, 1.807) is 0 Å². The Morgan fingerprint density at radius 3 is 2.79 bits per heavy atom. The van der Waals surface area contributed by atoms with Gasteiger partial charge in [0.05, 0.1) is 11.0 Å². The lowest BCUT2D eigenvalue weighted by molar-refractivity contribution is 0.687. The van der Waals surface area contributed by atoms with Gasteiger partial charge in [0, 0.05) is 11.8 Å². The summed E-state index contributed by atoms with van der Waals surface area (Å²) >= 11 is 0. The van der Waals surface area contributed by atoms with Crippen LogP contribution in [-0.2, 0) is 12.8 Å². The zero-order valence-electron chi connectivity index (χ0n) is 15.4. The number of nitrogens with zero attached hydrogens (tertiary/aromatic N) is 2. The minimum atomic E-state index is 0.405. The smallest absolute Gasteiger partial charge is 0.168 e. The number of pyridine rings is 1. The van der Waals surface area contributed by atoms with Crippen molar-refractivity contribution in [2.45, 2.75) is 51.9 Å². The maximum Gasteiger partial charge on any atom is 0.168 e. The fraction of sp³-hybridized carbons (Fsp3) is 0.474. The number of nitrogens with one attached hydrogen (secondary N) is 1. The molecule has 0 atom stereocenters. The molecule has 2 aromatic heterocycles. The summed E-state index contributed by atoms with van der Waals surface area (Å²) in [6.07, 6.45) is 7.21. The monoisotopic (exact) mass is 326 g/mol. The van der Waals surface area contributed by atoms with E-state index < -0.39 is 0 Å². The van der Waals surface area contributed by atoms with Crippen LogP contribution < -0.4 is 11.5 Å². The van der Waals surface area contributed by atoms with E-state index in [0.717, 1.165) is 73.7 Å². The van der Waals surface area contributed by atoms with E-state index in [-0.39, 0.29) is 0 Å². The third kappa shape index (κ3) is 3.51. The summed E-state index contributed by atoms with van der Waals surface area (Å²) in [6, 6.07) is 6.25. The molecule has 5 nitrogen and oxygen atoms in total. The molecule has 1 aromatic carbocycles. The molecule has 0 radical (unpaired) electrons. The highest BCUT2D eigenvalue weighted by Gasteiger charge is 2.12. The number of fused-ring (bicyclic) bond motifs is 3. The Labute approximate surface area is 144 Å². The van der Waals surface area contributed by atoms with Crippen LogP contribution in [0.4, 0.5) is 5.82 Å². The molecule has 0 saturated heterocycles. The fourth-order valence-corrected chi connectivity index (χ4v) is 3.06. The number of nitrogens with two attached hydrogens (primary N) is 2. The highest BCUT2D eigenvalue weighted by Crippen LogP contribution is 2.27. The number of aromatic amines is 1. The van der Waals surface area contributed by atoms with Crippen LogP contribution >= 0.6 is 0 Å². The number of rotatable bonds is 8. The number of aromatic nitrogens is 3. The maximum atomic E-state index is 8.50. The Kier molecular flexibility index (Phi) is 4.89. The van der Waals surface area contributed by atoms with E-state index >= 15 is 0 Å². The molecule has 0 spiro atoms. The number of nitrogen functional groups attached to an aromatic ring is 1. The summed E-state index contributed by atoms with van der Waals surface area (Å²) < 4.78 is 8.50. The zero-order chi connectivity index (χ0) is 17.8. The van der Waals surface area contributed by atoms with Gasteiger partial charge in [-0.2, -0.15) is 0 Å². The van der Waals surface area contributed by atoms with Crippen molar-refractivity contribution >= 4 is 27.8 Å². The second-order valence-corrected chi connectivity index (χ2v) is 6.39. The van der Waals surface area contributed by atoms with Crippen molar-refractivity contribution in [3.05, 3.63) is 29.6 Å². The molecule has 3 aromatic rings. The van der Waals surface area contributed by atoms with Crippen LogP contribution in [0.15, 0.2) is 18.2 Å². The highest BCUT2D eigenvalue weighted by molar-refractivity contribution is 6.06.